The molecular formula is C26H21N5O4. The molecule has 0 aliphatic heterocycles. The van der Waals surface area contributed by atoms with Crippen molar-refractivity contribution in [3.8, 4) is 28.6 Å². The Morgan fingerprint density at radius 3 is 2.40 bits per heavy atom. The molecule has 9 heteroatoms. The zero-order valence-corrected chi connectivity index (χ0v) is 18.8. The standard InChI is InChI=1S/C26H21N5O4/c1-34-20-10-6-5-9-19(20)31-25-22(29-26(31)33)21(23(27)32)28-24(30-25)17-11-13-18(14-12-17)35-15-16-7-3-2-4-8-16/h2-14H,15H2,1H3,(H2,27,32)(H,29,33). The normalized spacial score (nSPS) is 10.9. The molecule has 1 amide bonds. The minimum Gasteiger partial charge on any atom is -0.495 e. The van der Waals surface area contributed by atoms with Crippen LogP contribution in [0.3, 0.4) is 0 Å². The first-order chi connectivity index (χ1) is 17.0. The molecule has 174 valence electrons. The number of para-hydroxylation sites is 2. The van der Waals surface area contributed by atoms with E-state index in [1.807, 2.05) is 30.3 Å². The number of hydrogen-bond donors (Lipinski definition) is 2. The van der Waals surface area contributed by atoms with Gasteiger partial charge in [-0.3, -0.25) is 4.79 Å². The number of nitrogens with one attached hydrogen (secondary N) is 1. The lowest BCUT2D eigenvalue weighted by atomic mass is 10.2. The van der Waals surface area contributed by atoms with Crippen LogP contribution in [0.15, 0.2) is 83.7 Å². The molecule has 0 radical (unpaired) electrons. The fourth-order valence-electron chi connectivity index (χ4n) is 3.77. The molecule has 0 spiro atoms. The molecule has 3 N–H and O–H groups in total. The third kappa shape index (κ3) is 4.22. The zero-order chi connectivity index (χ0) is 24.4. The molecule has 9 nitrogen and oxygen atoms in total. The highest BCUT2D eigenvalue weighted by molar-refractivity contribution is 6.02. The van der Waals surface area contributed by atoms with Crippen LogP contribution in [0.1, 0.15) is 16.1 Å². The van der Waals surface area contributed by atoms with Crippen molar-refractivity contribution >= 4 is 17.1 Å². The molecule has 35 heavy (non-hydrogen) atoms. The Morgan fingerprint density at radius 2 is 1.69 bits per heavy atom. The summed E-state index contributed by atoms with van der Waals surface area (Å²) >= 11 is 0. The monoisotopic (exact) mass is 467 g/mol. The minimum atomic E-state index is -0.783. The van der Waals surface area contributed by atoms with Crippen molar-refractivity contribution in [3.05, 3.63) is 101 Å². The van der Waals surface area contributed by atoms with E-state index in [1.165, 1.54) is 11.7 Å². The Balaban J connectivity index is 1.57. The predicted octanol–water partition coefficient (Wildman–Crippen LogP) is 3.46. The molecule has 0 aliphatic carbocycles. The fourth-order valence-corrected chi connectivity index (χ4v) is 3.77. The minimum absolute atomic E-state index is 0.0832. The number of hydrogen-bond acceptors (Lipinski definition) is 6. The van der Waals surface area contributed by atoms with Crippen LogP contribution in [0.4, 0.5) is 0 Å². The number of nitrogens with two attached hydrogens (primary N) is 1. The van der Waals surface area contributed by atoms with Crippen LogP contribution in [-0.4, -0.2) is 32.5 Å². The molecule has 2 heterocycles. The van der Waals surface area contributed by atoms with Gasteiger partial charge in [0, 0.05) is 5.56 Å². The maximum Gasteiger partial charge on any atom is 0.332 e. The third-order valence-corrected chi connectivity index (χ3v) is 5.46. The van der Waals surface area contributed by atoms with Gasteiger partial charge in [0.25, 0.3) is 5.91 Å². The fraction of sp³-hybridized carbons (Fsp3) is 0.0769. The number of imidazole rings is 1. The number of aromatic amines is 1. The third-order valence-electron chi connectivity index (χ3n) is 5.46. The Bertz CT molecular complexity index is 1570. The van der Waals surface area contributed by atoms with E-state index >= 15 is 0 Å². The topological polar surface area (TPSA) is 125 Å². The van der Waals surface area contributed by atoms with Crippen LogP contribution in [0.2, 0.25) is 0 Å². The number of rotatable bonds is 7. The molecule has 3 aromatic carbocycles. The number of H-pyrrole nitrogens is 1. The van der Waals surface area contributed by atoms with E-state index in [4.69, 9.17) is 15.2 Å². The lowest BCUT2D eigenvalue weighted by Gasteiger charge is -2.10. The maximum absolute atomic E-state index is 12.9. The first-order valence-electron chi connectivity index (χ1n) is 10.8. The Labute approximate surface area is 199 Å². The SMILES string of the molecule is COc1ccccc1-n1c(=O)[nH]c2c(C(N)=O)nc(-c3ccc(OCc4ccccc4)cc3)nc21. The van der Waals surface area contributed by atoms with Gasteiger partial charge in [-0.15, -0.1) is 0 Å². The van der Waals surface area contributed by atoms with Gasteiger partial charge in [0.2, 0.25) is 0 Å². The maximum atomic E-state index is 12.9. The second-order valence-electron chi connectivity index (χ2n) is 7.69. The second-order valence-corrected chi connectivity index (χ2v) is 7.69. The molecule has 5 aromatic rings. The number of aromatic nitrogens is 4. The van der Waals surface area contributed by atoms with Gasteiger partial charge in [0.15, 0.2) is 17.2 Å². The second kappa shape index (κ2) is 9.14. The van der Waals surface area contributed by atoms with Crippen LogP contribution in [0, 0.1) is 0 Å². The van der Waals surface area contributed by atoms with Crippen molar-refractivity contribution in [1.29, 1.82) is 0 Å². The van der Waals surface area contributed by atoms with Crippen molar-refractivity contribution in [2.24, 2.45) is 5.73 Å². The number of ether oxygens (including phenoxy) is 2. The van der Waals surface area contributed by atoms with Gasteiger partial charge >= 0.3 is 5.69 Å². The molecular weight excluding hydrogens is 446 g/mol. The number of amides is 1. The van der Waals surface area contributed by atoms with Crippen LogP contribution >= 0.6 is 0 Å². The molecule has 0 atom stereocenters. The van der Waals surface area contributed by atoms with Gasteiger partial charge < -0.3 is 20.2 Å². The Hall–Kier alpha value is -4.92. The van der Waals surface area contributed by atoms with Crippen molar-refractivity contribution in [3.63, 3.8) is 0 Å². The van der Waals surface area contributed by atoms with E-state index in [0.717, 1.165) is 5.56 Å². The van der Waals surface area contributed by atoms with Gasteiger partial charge in [-0.05, 0) is 42.0 Å². The smallest absolute Gasteiger partial charge is 0.332 e. The van der Waals surface area contributed by atoms with E-state index < -0.39 is 11.6 Å². The number of benzene rings is 3. The highest BCUT2D eigenvalue weighted by atomic mass is 16.5. The number of carbonyl (C=O) groups excluding carboxylic acids is 1. The number of carbonyl (C=O) groups is 1. The highest BCUT2D eigenvalue weighted by Gasteiger charge is 2.21. The van der Waals surface area contributed by atoms with Gasteiger partial charge in [-0.25, -0.2) is 19.3 Å². The molecule has 0 unspecified atom stereocenters. The quantitative estimate of drug-likeness (QED) is 0.378. The van der Waals surface area contributed by atoms with Gasteiger partial charge in [0.1, 0.15) is 23.6 Å². The van der Waals surface area contributed by atoms with Crippen molar-refractivity contribution in [2.45, 2.75) is 6.61 Å². The van der Waals surface area contributed by atoms with Crippen molar-refractivity contribution in [2.75, 3.05) is 7.11 Å². The van der Waals surface area contributed by atoms with Gasteiger partial charge in [-0.1, -0.05) is 42.5 Å². The lowest BCUT2D eigenvalue weighted by molar-refractivity contribution is 0.0997. The van der Waals surface area contributed by atoms with E-state index in [2.05, 4.69) is 15.0 Å². The summed E-state index contributed by atoms with van der Waals surface area (Å²) in [7, 11) is 1.51. The summed E-state index contributed by atoms with van der Waals surface area (Å²) < 4.78 is 12.6. The molecule has 0 saturated heterocycles. The lowest BCUT2D eigenvalue weighted by Crippen LogP contribution is -2.16. The molecule has 0 bridgehead atoms. The zero-order valence-electron chi connectivity index (χ0n) is 18.8. The molecule has 0 saturated carbocycles. The number of primary amides is 1. The van der Waals surface area contributed by atoms with E-state index in [-0.39, 0.29) is 22.7 Å². The summed E-state index contributed by atoms with van der Waals surface area (Å²) in [4.78, 5) is 36.7. The summed E-state index contributed by atoms with van der Waals surface area (Å²) in [6, 6.07) is 24.0. The van der Waals surface area contributed by atoms with Crippen LogP contribution in [0.5, 0.6) is 11.5 Å². The number of nitrogens with zero attached hydrogens (tertiary/aromatic N) is 3. The first-order valence-corrected chi connectivity index (χ1v) is 10.8. The average Bonchev–Trinajstić information content (AvgIpc) is 3.23. The highest BCUT2D eigenvalue weighted by Crippen LogP contribution is 2.27. The van der Waals surface area contributed by atoms with Gasteiger partial charge in [-0.2, -0.15) is 0 Å². The summed E-state index contributed by atoms with van der Waals surface area (Å²) in [5.74, 6) is 0.594. The van der Waals surface area contributed by atoms with Crippen molar-refractivity contribution < 1.29 is 14.3 Å². The largest absolute Gasteiger partial charge is 0.495 e. The van der Waals surface area contributed by atoms with Gasteiger partial charge in [0.05, 0.1) is 12.8 Å². The Kier molecular flexibility index (Phi) is 5.72. The van der Waals surface area contributed by atoms with E-state index in [0.29, 0.717) is 29.4 Å². The van der Waals surface area contributed by atoms with Crippen LogP contribution in [-0.2, 0) is 6.61 Å². The molecule has 5 rings (SSSR count). The average molecular weight is 467 g/mol. The first kappa shape index (κ1) is 21.9. The predicted molar refractivity (Wildman–Crippen MR) is 131 cm³/mol. The molecule has 0 fully saturated rings. The van der Waals surface area contributed by atoms with Crippen LogP contribution in [0.25, 0.3) is 28.2 Å². The molecule has 2 aromatic heterocycles. The summed E-state index contributed by atoms with van der Waals surface area (Å²) in [5, 5.41) is 0. The number of fused-ring (bicyclic) bond motifs is 1. The summed E-state index contributed by atoms with van der Waals surface area (Å²) in [5.41, 5.74) is 7.53. The summed E-state index contributed by atoms with van der Waals surface area (Å²) in [6.07, 6.45) is 0. The van der Waals surface area contributed by atoms with E-state index in [9.17, 15) is 9.59 Å². The van der Waals surface area contributed by atoms with E-state index in [1.54, 1.807) is 48.5 Å². The number of methoxy groups -OCH3 is 1. The summed E-state index contributed by atoms with van der Waals surface area (Å²) in [6.45, 7) is 0.434. The molecule has 0 aliphatic rings. The van der Waals surface area contributed by atoms with Crippen LogP contribution < -0.4 is 20.9 Å². The Morgan fingerprint density at radius 1 is 0.971 bits per heavy atom. The van der Waals surface area contributed by atoms with Crippen molar-refractivity contribution in [1.82, 2.24) is 19.5 Å².